The first-order valence-corrected chi connectivity index (χ1v) is 13.0. The molecule has 1 heterocycles. The zero-order valence-electron chi connectivity index (χ0n) is 19.4. The largest absolute Gasteiger partial charge is 0.352 e. The van der Waals surface area contributed by atoms with E-state index in [1.54, 1.807) is 18.2 Å². The van der Waals surface area contributed by atoms with Gasteiger partial charge in [-0.25, -0.2) is 0 Å². The molecule has 180 valence electrons. The normalized spacial score (nSPS) is 19.4. The maximum atomic E-state index is 12.8. The maximum Gasteiger partial charge on any atom is 0.251 e. The highest BCUT2D eigenvalue weighted by Crippen LogP contribution is 2.27. The molecule has 1 fully saturated rings. The van der Waals surface area contributed by atoms with Gasteiger partial charge in [0.2, 0.25) is 5.91 Å². The lowest BCUT2D eigenvalue weighted by atomic mass is 9.86. The molecule has 3 rings (SSSR count). The molecule has 2 amide bonds. The van der Waals surface area contributed by atoms with Crippen molar-refractivity contribution in [2.24, 2.45) is 18.9 Å². The predicted octanol–water partition coefficient (Wildman–Crippen LogP) is 5.04. The number of carbonyl (C=O) groups is 2. The van der Waals surface area contributed by atoms with E-state index in [0.717, 1.165) is 12.8 Å². The molecule has 0 spiro atoms. The minimum Gasteiger partial charge on any atom is -0.352 e. The summed E-state index contributed by atoms with van der Waals surface area (Å²) in [5, 5.41) is 16.1. The van der Waals surface area contributed by atoms with Gasteiger partial charge >= 0.3 is 0 Å². The van der Waals surface area contributed by atoms with Gasteiger partial charge in [-0.05, 0) is 42.9 Å². The summed E-state index contributed by atoms with van der Waals surface area (Å²) in [6.07, 6.45) is 4.61. The molecular weight excluding hydrogens is 481 g/mol. The summed E-state index contributed by atoms with van der Waals surface area (Å²) in [7, 11) is 1.85. The minimum absolute atomic E-state index is 0.0108. The number of aromatic nitrogens is 3. The number of rotatable bonds is 8. The molecule has 1 aliphatic carbocycles. The Balaban J connectivity index is 1.64. The first kappa shape index (κ1) is 25.8. The Morgan fingerprint density at radius 1 is 1.18 bits per heavy atom. The molecule has 7 nitrogen and oxygen atoms in total. The maximum absolute atomic E-state index is 12.8. The van der Waals surface area contributed by atoms with Crippen molar-refractivity contribution in [3.05, 3.63) is 39.6 Å². The summed E-state index contributed by atoms with van der Waals surface area (Å²) in [5.41, 5.74) is 0.417. The fraction of sp³-hybridized carbons (Fsp3) is 0.565. The molecule has 0 unspecified atom stereocenters. The van der Waals surface area contributed by atoms with Crippen molar-refractivity contribution in [1.82, 2.24) is 25.4 Å². The summed E-state index contributed by atoms with van der Waals surface area (Å²) in [6.45, 7) is 6.20. The van der Waals surface area contributed by atoms with Crippen molar-refractivity contribution in [3.8, 4) is 0 Å². The van der Waals surface area contributed by atoms with E-state index in [-0.39, 0.29) is 35.6 Å². The van der Waals surface area contributed by atoms with Gasteiger partial charge in [0.1, 0.15) is 0 Å². The number of halogens is 2. The van der Waals surface area contributed by atoms with Gasteiger partial charge in [-0.2, -0.15) is 0 Å². The zero-order chi connectivity index (χ0) is 24.1. The van der Waals surface area contributed by atoms with Crippen LogP contribution in [0.4, 0.5) is 0 Å². The first-order chi connectivity index (χ1) is 15.7. The summed E-state index contributed by atoms with van der Waals surface area (Å²) < 4.78 is 1.83. The van der Waals surface area contributed by atoms with Crippen LogP contribution in [0.1, 0.15) is 68.7 Å². The number of hydrogen-bond acceptors (Lipinski definition) is 5. The lowest BCUT2D eigenvalue weighted by Gasteiger charge is -2.29. The van der Waals surface area contributed by atoms with Gasteiger partial charge in [-0.1, -0.05) is 68.6 Å². The number of nitrogens with one attached hydrogen (secondary N) is 2. The van der Waals surface area contributed by atoms with Crippen molar-refractivity contribution in [2.75, 3.05) is 5.75 Å². The Kier molecular flexibility index (Phi) is 9.07. The summed E-state index contributed by atoms with van der Waals surface area (Å²) in [4.78, 5) is 25.3. The average Bonchev–Trinajstić information content (AvgIpc) is 3.13. The highest BCUT2D eigenvalue weighted by atomic mass is 35.5. The van der Waals surface area contributed by atoms with Crippen LogP contribution >= 0.6 is 35.0 Å². The predicted molar refractivity (Wildman–Crippen MR) is 133 cm³/mol. The fourth-order valence-corrected chi connectivity index (χ4v) is 5.05. The second-order valence-electron chi connectivity index (χ2n) is 8.95. The van der Waals surface area contributed by atoms with Crippen LogP contribution in [-0.4, -0.2) is 38.4 Å². The van der Waals surface area contributed by atoms with Crippen LogP contribution < -0.4 is 10.6 Å². The third-order valence-electron chi connectivity index (χ3n) is 6.07. The van der Waals surface area contributed by atoms with Crippen LogP contribution in [0.2, 0.25) is 10.0 Å². The van der Waals surface area contributed by atoms with Gasteiger partial charge in [0, 0.05) is 18.7 Å². The molecule has 1 aromatic heterocycles. The number of thioether (sulfide) groups is 1. The quantitative estimate of drug-likeness (QED) is 0.484. The Labute approximate surface area is 209 Å². The van der Waals surface area contributed by atoms with Gasteiger partial charge < -0.3 is 15.2 Å². The van der Waals surface area contributed by atoms with Crippen LogP contribution in [0.15, 0.2) is 23.4 Å². The standard InChI is InChI=1S/C23H31Cl2N5O2S/c1-13(2)20(27-22(32)15-9-10-16(24)17(25)11-15)21-28-29-23(30(21)4)33-12-19(31)26-18-8-6-5-7-14(18)3/h9-11,13-14,18,20H,5-8,12H2,1-4H3,(H,26,31)(H,27,32)/t14-,18-,20-/m0/s1. The molecule has 0 saturated heterocycles. The molecule has 2 N–H and O–H groups in total. The van der Waals surface area contributed by atoms with Crippen molar-refractivity contribution in [1.29, 1.82) is 0 Å². The number of amides is 2. The molecule has 0 bridgehead atoms. The van der Waals surface area contributed by atoms with Crippen molar-refractivity contribution < 1.29 is 9.59 Å². The molecule has 2 aromatic rings. The summed E-state index contributed by atoms with van der Waals surface area (Å²) in [5.74, 6) is 1.22. The van der Waals surface area contributed by atoms with E-state index in [2.05, 4.69) is 27.8 Å². The van der Waals surface area contributed by atoms with E-state index < -0.39 is 0 Å². The van der Waals surface area contributed by atoms with Crippen molar-refractivity contribution in [2.45, 2.75) is 63.7 Å². The third-order valence-corrected chi connectivity index (χ3v) is 7.83. The molecule has 10 heteroatoms. The van der Waals surface area contributed by atoms with E-state index in [4.69, 9.17) is 23.2 Å². The van der Waals surface area contributed by atoms with Crippen LogP contribution in [-0.2, 0) is 11.8 Å². The van der Waals surface area contributed by atoms with E-state index in [1.165, 1.54) is 24.6 Å². The average molecular weight is 513 g/mol. The summed E-state index contributed by atoms with van der Waals surface area (Å²) >= 11 is 13.4. The topological polar surface area (TPSA) is 88.9 Å². The van der Waals surface area contributed by atoms with Gasteiger partial charge in [0.25, 0.3) is 5.91 Å². The Morgan fingerprint density at radius 2 is 1.91 bits per heavy atom. The van der Waals surface area contributed by atoms with Crippen LogP contribution in [0, 0.1) is 11.8 Å². The number of nitrogens with zero attached hydrogens (tertiary/aromatic N) is 3. The number of benzene rings is 1. The molecule has 33 heavy (non-hydrogen) atoms. The van der Waals surface area contributed by atoms with Crippen LogP contribution in [0.3, 0.4) is 0 Å². The van der Waals surface area contributed by atoms with E-state index in [9.17, 15) is 9.59 Å². The Morgan fingerprint density at radius 3 is 2.58 bits per heavy atom. The summed E-state index contributed by atoms with van der Waals surface area (Å²) in [6, 6.07) is 4.66. The van der Waals surface area contributed by atoms with Crippen molar-refractivity contribution in [3.63, 3.8) is 0 Å². The second-order valence-corrected chi connectivity index (χ2v) is 10.7. The van der Waals surface area contributed by atoms with E-state index in [0.29, 0.717) is 32.5 Å². The number of carbonyl (C=O) groups excluding carboxylic acids is 2. The molecule has 0 aliphatic heterocycles. The first-order valence-electron chi connectivity index (χ1n) is 11.2. The van der Waals surface area contributed by atoms with Gasteiger partial charge in [0.15, 0.2) is 11.0 Å². The SMILES string of the molecule is CC(C)[C@H](NC(=O)c1ccc(Cl)c(Cl)c1)c1nnc(SCC(=O)N[C@H]2CCCC[C@@H]2C)n1C. The molecule has 1 aromatic carbocycles. The fourth-order valence-electron chi connectivity index (χ4n) is 4.02. The lowest BCUT2D eigenvalue weighted by Crippen LogP contribution is -2.41. The second kappa shape index (κ2) is 11.6. The third kappa shape index (κ3) is 6.64. The minimum atomic E-state index is -0.365. The monoisotopic (exact) mass is 511 g/mol. The molecule has 0 radical (unpaired) electrons. The zero-order valence-corrected chi connectivity index (χ0v) is 21.7. The van der Waals surface area contributed by atoms with Gasteiger partial charge in [-0.15, -0.1) is 10.2 Å². The lowest BCUT2D eigenvalue weighted by molar-refractivity contribution is -0.119. The van der Waals surface area contributed by atoms with E-state index in [1.807, 2.05) is 25.5 Å². The van der Waals surface area contributed by atoms with Crippen LogP contribution in [0.5, 0.6) is 0 Å². The Bertz CT molecular complexity index is 997. The van der Waals surface area contributed by atoms with E-state index >= 15 is 0 Å². The molecule has 1 saturated carbocycles. The number of hydrogen-bond donors (Lipinski definition) is 2. The van der Waals surface area contributed by atoms with Gasteiger partial charge in [0.05, 0.1) is 21.8 Å². The van der Waals surface area contributed by atoms with Crippen molar-refractivity contribution >= 4 is 46.8 Å². The Hall–Kier alpha value is -1.77. The van der Waals surface area contributed by atoms with Crippen LogP contribution in [0.25, 0.3) is 0 Å². The van der Waals surface area contributed by atoms with Gasteiger partial charge in [-0.3, -0.25) is 9.59 Å². The highest BCUT2D eigenvalue weighted by Gasteiger charge is 2.26. The molecular formula is C23H31Cl2N5O2S. The molecule has 3 atom stereocenters. The molecule has 1 aliphatic rings. The smallest absolute Gasteiger partial charge is 0.251 e. The highest BCUT2D eigenvalue weighted by molar-refractivity contribution is 7.99.